The first-order valence-corrected chi connectivity index (χ1v) is 8.96. The van der Waals surface area contributed by atoms with Crippen LogP contribution >= 0.6 is 22.9 Å². The molecular formula is C16H18ClN3O2S. The number of carbonyl (C=O) groups excluding carboxylic acids is 1. The van der Waals surface area contributed by atoms with Crippen molar-refractivity contribution in [3.05, 3.63) is 39.4 Å². The number of pyridine rings is 1. The van der Waals surface area contributed by atoms with Gasteiger partial charge in [0.25, 0.3) is 5.91 Å². The van der Waals surface area contributed by atoms with Crippen LogP contribution in [0.25, 0.3) is 0 Å². The summed E-state index contributed by atoms with van der Waals surface area (Å²) in [6, 6.07) is 3.34. The molecule has 0 bridgehead atoms. The van der Waals surface area contributed by atoms with E-state index in [2.05, 4.69) is 9.97 Å². The highest BCUT2D eigenvalue weighted by Crippen LogP contribution is 2.34. The first-order valence-electron chi connectivity index (χ1n) is 7.70. The Morgan fingerprint density at radius 1 is 1.48 bits per heavy atom. The molecule has 0 aliphatic carbocycles. The van der Waals surface area contributed by atoms with Gasteiger partial charge in [-0.25, -0.2) is 9.97 Å². The lowest BCUT2D eigenvalue weighted by molar-refractivity contribution is 0.0604. The summed E-state index contributed by atoms with van der Waals surface area (Å²) in [5.41, 5.74) is 0.251. The van der Waals surface area contributed by atoms with Gasteiger partial charge in [0.1, 0.15) is 5.01 Å². The summed E-state index contributed by atoms with van der Waals surface area (Å²) >= 11 is 7.78. The van der Waals surface area contributed by atoms with Gasteiger partial charge in [0, 0.05) is 24.2 Å². The number of hydrogen-bond donors (Lipinski definition) is 0. The molecule has 0 aromatic carbocycles. The number of ether oxygens (including phenoxy) is 1. The van der Waals surface area contributed by atoms with E-state index in [0.717, 1.165) is 24.3 Å². The van der Waals surface area contributed by atoms with Gasteiger partial charge in [-0.1, -0.05) is 11.6 Å². The first kappa shape index (κ1) is 16.2. The molecule has 5 nitrogen and oxygen atoms in total. The Kier molecular flexibility index (Phi) is 5.13. The zero-order chi connectivity index (χ0) is 16.2. The van der Waals surface area contributed by atoms with Gasteiger partial charge in [-0.3, -0.25) is 4.79 Å². The Morgan fingerprint density at radius 2 is 2.35 bits per heavy atom. The van der Waals surface area contributed by atoms with E-state index in [1.807, 2.05) is 17.2 Å². The average molecular weight is 352 g/mol. The van der Waals surface area contributed by atoms with Crippen LogP contribution in [-0.2, 0) is 0 Å². The number of likely N-dealkylation sites (tertiary alicyclic amines) is 1. The van der Waals surface area contributed by atoms with E-state index in [0.29, 0.717) is 24.1 Å². The maximum absolute atomic E-state index is 13.0. The van der Waals surface area contributed by atoms with E-state index in [9.17, 15) is 4.79 Å². The molecule has 0 radical (unpaired) electrons. The molecule has 3 rings (SSSR count). The van der Waals surface area contributed by atoms with Gasteiger partial charge in [0.05, 0.1) is 17.7 Å². The molecule has 1 unspecified atom stereocenters. The Hall–Kier alpha value is -1.66. The van der Waals surface area contributed by atoms with E-state index in [1.54, 1.807) is 29.7 Å². The third-order valence-electron chi connectivity index (χ3n) is 3.82. The molecule has 0 saturated carbocycles. The van der Waals surface area contributed by atoms with E-state index >= 15 is 0 Å². The van der Waals surface area contributed by atoms with Crippen LogP contribution in [0.3, 0.4) is 0 Å². The number of carbonyl (C=O) groups is 1. The molecule has 1 saturated heterocycles. The van der Waals surface area contributed by atoms with Crippen molar-refractivity contribution in [3.8, 4) is 5.88 Å². The summed E-state index contributed by atoms with van der Waals surface area (Å²) in [4.78, 5) is 23.5. The van der Waals surface area contributed by atoms with Gasteiger partial charge in [-0.15, -0.1) is 11.3 Å². The molecule has 1 aliphatic heterocycles. The molecule has 122 valence electrons. The van der Waals surface area contributed by atoms with Crippen molar-refractivity contribution >= 4 is 28.8 Å². The minimum atomic E-state index is -0.156. The Labute approximate surface area is 144 Å². The van der Waals surface area contributed by atoms with Crippen LogP contribution in [-0.4, -0.2) is 33.9 Å². The Bertz CT molecular complexity index is 678. The molecule has 1 fully saturated rings. The Balaban J connectivity index is 1.90. The number of nitrogens with zero attached hydrogens (tertiary/aromatic N) is 3. The zero-order valence-corrected chi connectivity index (χ0v) is 14.4. The van der Waals surface area contributed by atoms with Crippen molar-refractivity contribution in [2.75, 3.05) is 13.2 Å². The normalized spacial score (nSPS) is 18.0. The summed E-state index contributed by atoms with van der Waals surface area (Å²) in [7, 11) is 0. The molecule has 7 heteroatoms. The van der Waals surface area contributed by atoms with Crippen LogP contribution in [0.15, 0.2) is 23.7 Å². The van der Waals surface area contributed by atoms with Crippen LogP contribution in [0.4, 0.5) is 0 Å². The number of hydrogen-bond acceptors (Lipinski definition) is 5. The second kappa shape index (κ2) is 7.27. The van der Waals surface area contributed by atoms with Gasteiger partial charge in [-0.05, 0) is 32.3 Å². The second-order valence-corrected chi connectivity index (χ2v) is 6.63. The predicted molar refractivity (Wildman–Crippen MR) is 90.2 cm³/mol. The summed E-state index contributed by atoms with van der Waals surface area (Å²) in [6.07, 6.45) is 4.77. The largest absolute Gasteiger partial charge is 0.478 e. The fraction of sp³-hybridized carbons (Fsp3) is 0.438. The van der Waals surface area contributed by atoms with Crippen molar-refractivity contribution < 1.29 is 9.53 Å². The van der Waals surface area contributed by atoms with Gasteiger partial charge in [-0.2, -0.15) is 0 Å². The van der Waals surface area contributed by atoms with Gasteiger partial charge in [0.2, 0.25) is 5.88 Å². The van der Waals surface area contributed by atoms with Gasteiger partial charge >= 0.3 is 0 Å². The fourth-order valence-corrected chi connectivity index (χ4v) is 3.74. The number of rotatable bonds is 4. The van der Waals surface area contributed by atoms with Gasteiger partial charge in [0.15, 0.2) is 5.69 Å². The van der Waals surface area contributed by atoms with Gasteiger partial charge < -0.3 is 9.64 Å². The van der Waals surface area contributed by atoms with Crippen LogP contribution < -0.4 is 4.74 Å². The highest BCUT2D eigenvalue weighted by Gasteiger charge is 2.32. The number of thiazole rings is 1. The molecule has 23 heavy (non-hydrogen) atoms. The van der Waals surface area contributed by atoms with Crippen molar-refractivity contribution in [2.24, 2.45) is 0 Å². The minimum absolute atomic E-state index is 0.00451. The van der Waals surface area contributed by atoms with Crippen LogP contribution in [0.5, 0.6) is 5.88 Å². The summed E-state index contributed by atoms with van der Waals surface area (Å²) < 4.78 is 5.39. The highest BCUT2D eigenvalue weighted by molar-refractivity contribution is 7.09. The smallest absolute Gasteiger partial charge is 0.274 e. The number of halogens is 1. The average Bonchev–Trinajstić information content (AvgIpc) is 3.10. The quantitative estimate of drug-likeness (QED) is 0.836. The lowest BCUT2D eigenvalue weighted by atomic mass is 10.0. The lowest BCUT2D eigenvalue weighted by Gasteiger charge is -2.34. The van der Waals surface area contributed by atoms with E-state index in [4.69, 9.17) is 16.3 Å². The number of aromatic nitrogens is 2. The van der Waals surface area contributed by atoms with Crippen LogP contribution in [0.2, 0.25) is 5.02 Å². The maximum Gasteiger partial charge on any atom is 0.274 e. The third-order valence-corrected chi connectivity index (χ3v) is 5.00. The number of piperidine rings is 1. The first-order chi connectivity index (χ1) is 11.2. The molecule has 1 atom stereocenters. The van der Waals surface area contributed by atoms with E-state index in [1.165, 1.54) is 0 Å². The third kappa shape index (κ3) is 3.48. The monoisotopic (exact) mass is 351 g/mol. The standard InChI is InChI=1S/C16H18ClN3O2S/c1-2-22-13-7-6-11(17)14(19-13)16(21)20-9-4-3-5-12(20)15-18-8-10-23-15/h6-8,10,12H,2-5,9H2,1H3. The van der Waals surface area contributed by atoms with E-state index < -0.39 is 0 Å². The van der Waals surface area contributed by atoms with Crippen molar-refractivity contribution in [3.63, 3.8) is 0 Å². The maximum atomic E-state index is 13.0. The lowest BCUT2D eigenvalue weighted by Crippen LogP contribution is -2.39. The fourth-order valence-electron chi connectivity index (χ4n) is 2.77. The van der Waals surface area contributed by atoms with Crippen LogP contribution in [0, 0.1) is 0 Å². The minimum Gasteiger partial charge on any atom is -0.478 e. The summed E-state index contributed by atoms with van der Waals surface area (Å²) in [5.74, 6) is 0.263. The van der Waals surface area contributed by atoms with Crippen molar-refractivity contribution in [1.82, 2.24) is 14.9 Å². The SMILES string of the molecule is CCOc1ccc(Cl)c(C(=O)N2CCCCC2c2nccs2)n1. The van der Waals surface area contributed by atoms with Crippen LogP contribution in [0.1, 0.15) is 47.7 Å². The molecule has 0 spiro atoms. The molecule has 2 aromatic rings. The highest BCUT2D eigenvalue weighted by atomic mass is 35.5. The number of amides is 1. The zero-order valence-electron chi connectivity index (χ0n) is 12.9. The Morgan fingerprint density at radius 3 is 3.09 bits per heavy atom. The molecule has 3 heterocycles. The second-order valence-electron chi connectivity index (χ2n) is 5.29. The summed E-state index contributed by atoms with van der Waals surface area (Å²) in [6.45, 7) is 3.06. The summed E-state index contributed by atoms with van der Waals surface area (Å²) in [5, 5.41) is 3.25. The molecule has 1 aliphatic rings. The topological polar surface area (TPSA) is 55.3 Å². The van der Waals surface area contributed by atoms with Crippen molar-refractivity contribution in [1.29, 1.82) is 0 Å². The predicted octanol–water partition coefficient (Wildman–Crippen LogP) is 3.96. The van der Waals surface area contributed by atoms with E-state index in [-0.39, 0.29) is 17.6 Å². The van der Waals surface area contributed by atoms with Crippen molar-refractivity contribution in [2.45, 2.75) is 32.2 Å². The molecule has 1 amide bonds. The molecular weight excluding hydrogens is 334 g/mol. The molecule has 0 N–H and O–H groups in total. The molecule has 2 aromatic heterocycles.